The van der Waals surface area contributed by atoms with Crippen molar-refractivity contribution in [2.75, 3.05) is 5.33 Å². The first kappa shape index (κ1) is 12.3. The number of carbonyl (C=O) groups is 1. The van der Waals surface area contributed by atoms with Gasteiger partial charge in [0.15, 0.2) is 6.10 Å². The van der Waals surface area contributed by atoms with E-state index in [1.165, 1.54) is 0 Å². The van der Waals surface area contributed by atoms with Crippen molar-refractivity contribution < 1.29 is 14.6 Å². The van der Waals surface area contributed by atoms with E-state index in [1.54, 1.807) is 24.3 Å². The van der Waals surface area contributed by atoms with Crippen LogP contribution in [0.4, 0.5) is 0 Å². The van der Waals surface area contributed by atoms with Crippen molar-refractivity contribution >= 4 is 33.5 Å². The molecule has 0 heterocycles. The summed E-state index contributed by atoms with van der Waals surface area (Å²) >= 11 is 8.87. The Morgan fingerprint density at radius 2 is 2.07 bits per heavy atom. The summed E-state index contributed by atoms with van der Waals surface area (Å²) in [5, 5.41) is 10.0. The number of hydrogen-bond acceptors (Lipinski definition) is 2. The second-order valence-electron chi connectivity index (χ2n) is 2.88. The molecule has 0 aliphatic rings. The maximum atomic E-state index is 10.8. The van der Waals surface area contributed by atoms with Crippen LogP contribution in [0.3, 0.4) is 0 Å². The third kappa shape index (κ3) is 4.10. The van der Waals surface area contributed by atoms with E-state index in [0.717, 1.165) is 0 Å². The summed E-state index contributed by atoms with van der Waals surface area (Å²) in [6, 6.07) is 6.60. The molecule has 1 atom stereocenters. The van der Waals surface area contributed by atoms with Crippen molar-refractivity contribution in [1.29, 1.82) is 0 Å². The van der Waals surface area contributed by atoms with Crippen molar-refractivity contribution in [3.05, 3.63) is 29.3 Å². The standard InChI is InChI=1S/C10H10BrClO3/c11-6-5-9(10(13)14)15-8-3-1-7(12)2-4-8/h1-4,9H,5-6H2,(H,13,14). The van der Waals surface area contributed by atoms with Gasteiger partial charge in [-0.2, -0.15) is 0 Å². The molecule has 0 spiro atoms. The van der Waals surface area contributed by atoms with E-state index in [-0.39, 0.29) is 0 Å². The van der Waals surface area contributed by atoms with Crippen LogP contribution in [-0.4, -0.2) is 22.5 Å². The van der Waals surface area contributed by atoms with Crippen LogP contribution in [-0.2, 0) is 4.79 Å². The molecule has 1 aromatic rings. The van der Waals surface area contributed by atoms with Crippen LogP contribution in [0.1, 0.15) is 6.42 Å². The zero-order valence-corrected chi connectivity index (χ0v) is 10.2. The molecule has 0 aliphatic heterocycles. The average Bonchev–Trinajstić information content (AvgIpc) is 2.20. The molecule has 0 radical (unpaired) electrons. The Morgan fingerprint density at radius 3 is 2.53 bits per heavy atom. The number of alkyl halides is 1. The molecule has 0 saturated carbocycles. The van der Waals surface area contributed by atoms with Crippen molar-refractivity contribution in [2.24, 2.45) is 0 Å². The number of ether oxygens (including phenoxy) is 1. The van der Waals surface area contributed by atoms with Gasteiger partial charge in [-0.3, -0.25) is 0 Å². The normalized spacial score (nSPS) is 12.1. The van der Waals surface area contributed by atoms with Crippen LogP contribution in [0.5, 0.6) is 5.75 Å². The lowest BCUT2D eigenvalue weighted by Gasteiger charge is -2.13. The maximum Gasteiger partial charge on any atom is 0.344 e. The van der Waals surface area contributed by atoms with Crippen LogP contribution >= 0.6 is 27.5 Å². The minimum atomic E-state index is -0.968. The lowest BCUT2D eigenvalue weighted by atomic mass is 10.2. The minimum absolute atomic E-state index is 0.415. The van der Waals surface area contributed by atoms with Gasteiger partial charge in [-0.15, -0.1) is 0 Å². The highest BCUT2D eigenvalue weighted by Gasteiger charge is 2.18. The Kier molecular flexibility index (Phi) is 4.91. The zero-order valence-electron chi connectivity index (χ0n) is 7.82. The number of halogens is 2. The fraction of sp³-hybridized carbons (Fsp3) is 0.300. The van der Waals surface area contributed by atoms with E-state index < -0.39 is 12.1 Å². The van der Waals surface area contributed by atoms with Gasteiger partial charge >= 0.3 is 5.97 Å². The molecule has 0 amide bonds. The number of aliphatic carboxylic acids is 1. The molecule has 1 N–H and O–H groups in total. The number of hydrogen-bond donors (Lipinski definition) is 1. The van der Waals surface area contributed by atoms with Gasteiger partial charge in [0.2, 0.25) is 0 Å². The first-order valence-electron chi connectivity index (χ1n) is 4.34. The topological polar surface area (TPSA) is 46.5 Å². The molecular formula is C10H10BrClO3. The summed E-state index contributed by atoms with van der Waals surface area (Å²) < 4.78 is 5.28. The van der Waals surface area contributed by atoms with Gasteiger partial charge in [0, 0.05) is 16.8 Å². The van der Waals surface area contributed by atoms with Gasteiger partial charge in [-0.1, -0.05) is 27.5 Å². The first-order chi connectivity index (χ1) is 7.13. The Morgan fingerprint density at radius 1 is 1.47 bits per heavy atom. The summed E-state index contributed by atoms with van der Waals surface area (Å²) in [5.41, 5.74) is 0. The average molecular weight is 294 g/mol. The first-order valence-corrected chi connectivity index (χ1v) is 5.84. The Balaban J connectivity index is 2.65. The molecule has 1 unspecified atom stereocenters. The predicted octanol–water partition coefficient (Wildman–Crippen LogP) is 2.96. The molecule has 15 heavy (non-hydrogen) atoms. The van der Waals surface area contributed by atoms with Gasteiger partial charge in [0.1, 0.15) is 5.75 Å². The van der Waals surface area contributed by atoms with Crippen LogP contribution < -0.4 is 4.74 Å². The molecule has 0 saturated heterocycles. The fourth-order valence-electron chi connectivity index (χ4n) is 1.01. The monoisotopic (exact) mass is 292 g/mol. The molecule has 3 nitrogen and oxygen atoms in total. The van der Waals surface area contributed by atoms with Crippen LogP contribution in [0, 0.1) is 0 Å². The number of rotatable bonds is 5. The van der Waals surface area contributed by atoms with E-state index >= 15 is 0 Å². The van der Waals surface area contributed by atoms with E-state index in [1.807, 2.05) is 0 Å². The maximum absolute atomic E-state index is 10.8. The lowest BCUT2D eigenvalue weighted by molar-refractivity contribution is -0.145. The highest BCUT2D eigenvalue weighted by Crippen LogP contribution is 2.17. The number of carboxylic acid groups (broad SMARTS) is 1. The van der Waals surface area contributed by atoms with Crippen LogP contribution in [0.25, 0.3) is 0 Å². The molecule has 0 fully saturated rings. The van der Waals surface area contributed by atoms with E-state index in [4.69, 9.17) is 21.4 Å². The van der Waals surface area contributed by atoms with Crippen molar-refractivity contribution in [3.8, 4) is 5.75 Å². The molecular weight excluding hydrogens is 283 g/mol. The Hall–Kier alpha value is -0.740. The third-order valence-electron chi connectivity index (χ3n) is 1.74. The van der Waals surface area contributed by atoms with Gasteiger partial charge < -0.3 is 9.84 Å². The van der Waals surface area contributed by atoms with Crippen molar-refractivity contribution in [3.63, 3.8) is 0 Å². The highest BCUT2D eigenvalue weighted by atomic mass is 79.9. The van der Waals surface area contributed by atoms with Gasteiger partial charge in [-0.05, 0) is 24.3 Å². The summed E-state index contributed by atoms with van der Waals surface area (Å²) in [4.78, 5) is 10.8. The molecule has 0 aliphatic carbocycles. The lowest BCUT2D eigenvalue weighted by Crippen LogP contribution is -2.27. The molecule has 0 bridgehead atoms. The summed E-state index contributed by atoms with van der Waals surface area (Å²) in [7, 11) is 0. The largest absolute Gasteiger partial charge is 0.479 e. The summed E-state index contributed by atoms with van der Waals surface area (Å²) in [6.07, 6.45) is -0.414. The molecule has 0 aromatic heterocycles. The third-order valence-corrected chi connectivity index (χ3v) is 2.45. The highest BCUT2D eigenvalue weighted by molar-refractivity contribution is 9.09. The van der Waals surface area contributed by atoms with Crippen LogP contribution in [0.2, 0.25) is 5.02 Å². The zero-order chi connectivity index (χ0) is 11.3. The van der Waals surface area contributed by atoms with Crippen molar-refractivity contribution in [2.45, 2.75) is 12.5 Å². The molecule has 1 aromatic carbocycles. The second kappa shape index (κ2) is 5.98. The fourth-order valence-corrected chi connectivity index (χ4v) is 1.55. The predicted molar refractivity (Wildman–Crippen MR) is 61.9 cm³/mol. The van der Waals surface area contributed by atoms with Gasteiger partial charge in [0.05, 0.1) is 0 Å². The minimum Gasteiger partial charge on any atom is -0.479 e. The molecule has 1 rings (SSSR count). The van der Waals surface area contributed by atoms with Gasteiger partial charge in [0.25, 0.3) is 0 Å². The van der Waals surface area contributed by atoms with Crippen LogP contribution in [0.15, 0.2) is 24.3 Å². The van der Waals surface area contributed by atoms with E-state index in [9.17, 15) is 4.79 Å². The van der Waals surface area contributed by atoms with Gasteiger partial charge in [-0.25, -0.2) is 4.79 Å². The smallest absolute Gasteiger partial charge is 0.344 e. The Labute approximate surface area is 101 Å². The summed E-state index contributed by atoms with van der Waals surface area (Å²) in [5.74, 6) is -0.461. The summed E-state index contributed by atoms with van der Waals surface area (Å²) in [6.45, 7) is 0. The molecule has 82 valence electrons. The Bertz CT molecular complexity index is 326. The quantitative estimate of drug-likeness (QED) is 0.849. The SMILES string of the molecule is O=C(O)C(CCBr)Oc1ccc(Cl)cc1. The van der Waals surface area contributed by atoms with E-state index in [2.05, 4.69) is 15.9 Å². The second-order valence-corrected chi connectivity index (χ2v) is 4.11. The number of carboxylic acids is 1. The number of benzene rings is 1. The van der Waals surface area contributed by atoms with E-state index in [0.29, 0.717) is 22.5 Å². The van der Waals surface area contributed by atoms with Crippen molar-refractivity contribution in [1.82, 2.24) is 0 Å². The molecule has 5 heteroatoms.